The van der Waals surface area contributed by atoms with E-state index in [1.165, 1.54) is 24.7 Å². The second-order valence-electron chi connectivity index (χ2n) is 5.57. The maximum absolute atomic E-state index is 12.9. The van der Waals surface area contributed by atoms with Crippen LogP contribution in [0.3, 0.4) is 0 Å². The Labute approximate surface area is 140 Å². The lowest BCUT2D eigenvalue weighted by molar-refractivity contribution is -0.122. The van der Waals surface area contributed by atoms with Gasteiger partial charge in [-0.1, -0.05) is 12.1 Å². The number of rotatable bonds is 4. The highest BCUT2D eigenvalue weighted by atomic mass is 19.1. The Morgan fingerprint density at radius 3 is 2.80 bits per heavy atom. The summed E-state index contributed by atoms with van der Waals surface area (Å²) in [6.45, 7) is 0.0389. The summed E-state index contributed by atoms with van der Waals surface area (Å²) in [4.78, 5) is 24.5. The van der Waals surface area contributed by atoms with E-state index < -0.39 is 0 Å². The molecule has 1 aromatic carbocycles. The van der Waals surface area contributed by atoms with Crippen LogP contribution in [0.1, 0.15) is 5.56 Å². The zero-order valence-corrected chi connectivity index (χ0v) is 13.0. The number of furan rings is 1. The molecule has 1 amide bonds. The number of aromatic nitrogens is 3. The first-order valence-electron chi connectivity index (χ1n) is 7.57. The van der Waals surface area contributed by atoms with Crippen molar-refractivity contribution in [3.8, 4) is 0 Å². The van der Waals surface area contributed by atoms with Crippen LogP contribution < -0.4 is 10.9 Å². The standard InChI is InChI=1S/C17H13FN4O3/c18-12-3-1-11(2-4-12)8-19-16(23)9-22-17(24)14-7-15-13(5-6-25-15)21(14)10-20-22/h1-7,10H,8-9H2,(H,19,23). The second-order valence-corrected chi connectivity index (χ2v) is 5.57. The summed E-state index contributed by atoms with van der Waals surface area (Å²) in [5.41, 5.74) is 2.09. The Morgan fingerprint density at radius 2 is 2.00 bits per heavy atom. The minimum atomic E-state index is -0.383. The largest absolute Gasteiger partial charge is 0.463 e. The monoisotopic (exact) mass is 340 g/mol. The number of carbonyl (C=O) groups excluding carboxylic acids is 1. The average Bonchev–Trinajstić information content (AvgIpc) is 3.19. The van der Waals surface area contributed by atoms with Gasteiger partial charge in [0.1, 0.15) is 24.2 Å². The normalized spacial score (nSPS) is 11.2. The lowest BCUT2D eigenvalue weighted by atomic mass is 10.2. The number of benzene rings is 1. The molecule has 4 rings (SSSR count). The number of hydrogen-bond acceptors (Lipinski definition) is 4. The van der Waals surface area contributed by atoms with Gasteiger partial charge in [0.05, 0.1) is 11.8 Å². The van der Waals surface area contributed by atoms with Gasteiger partial charge in [0.15, 0.2) is 5.58 Å². The predicted octanol–water partition coefficient (Wildman–Crippen LogP) is 1.70. The maximum Gasteiger partial charge on any atom is 0.291 e. The molecule has 126 valence electrons. The van der Waals surface area contributed by atoms with Crippen molar-refractivity contribution in [3.05, 3.63) is 70.7 Å². The lowest BCUT2D eigenvalue weighted by Gasteiger charge is -2.07. The molecule has 4 aromatic rings. The molecule has 0 aliphatic rings. The van der Waals surface area contributed by atoms with Crippen molar-refractivity contribution < 1.29 is 13.6 Å². The van der Waals surface area contributed by atoms with Gasteiger partial charge >= 0.3 is 0 Å². The third-order valence-electron chi connectivity index (χ3n) is 3.92. The summed E-state index contributed by atoms with van der Waals surface area (Å²) in [5, 5.41) is 6.71. The van der Waals surface area contributed by atoms with E-state index in [1.54, 1.807) is 28.7 Å². The van der Waals surface area contributed by atoms with Crippen molar-refractivity contribution in [2.45, 2.75) is 13.1 Å². The average molecular weight is 340 g/mol. The number of amides is 1. The third kappa shape index (κ3) is 2.78. The van der Waals surface area contributed by atoms with E-state index in [4.69, 9.17) is 4.42 Å². The Balaban J connectivity index is 1.51. The highest BCUT2D eigenvalue weighted by Crippen LogP contribution is 2.18. The SMILES string of the molecule is O=C(Cn1ncn2c(cc3occc32)c1=O)NCc1ccc(F)cc1. The summed E-state index contributed by atoms with van der Waals surface area (Å²) < 4.78 is 20.8. The molecule has 0 atom stereocenters. The molecule has 0 radical (unpaired) electrons. The van der Waals surface area contributed by atoms with Crippen LogP contribution in [0.15, 0.2) is 58.2 Å². The fourth-order valence-corrected chi connectivity index (χ4v) is 2.64. The van der Waals surface area contributed by atoms with Crippen LogP contribution in [0.5, 0.6) is 0 Å². The molecule has 0 bridgehead atoms. The number of halogens is 1. The quantitative estimate of drug-likeness (QED) is 0.613. The van der Waals surface area contributed by atoms with Crippen LogP contribution in [-0.2, 0) is 17.9 Å². The van der Waals surface area contributed by atoms with Gasteiger partial charge in [-0.3, -0.25) is 14.0 Å². The van der Waals surface area contributed by atoms with Gasteiger partial charge in [0, 0.05) is 18.7 Å². The predicted molar refractivity (Wildman–Crippen MR) is 87.5 cm³/mol. The molecule has 0 aliphatic carbocycles. The highest BCUT2D eigenvalue weighted by Gasteiger charge is 2.12. The zero-order valence-electron chi connectivity index (χ0n) is 13.0. The Bertz CT molecular complexity index is 1120. The molecular weight excluding hydrogens is 327 g/mol. The van der Waals surface area contributed by atoms with Crippen LogP contribution in [0.4, 0.5) is 4.39 Å². The molecule has 8 heteroatoms. The lowest BCUT2D eigenvalue weighted by Crippen LogP contribution is -2.33. The molecule has 1 N–H and O–H groups in total. The Kier molecular flexibility index (Phi) is 3.57. The fourth-order valence-electron chi connectivity index (χ4n) is 2.64. The molecule has 0 unspecified atom stereocenters. The van der Waals surface area contributed by atoms with Gasteiger partial charge in [0.25, 0.3) is 5.56 Å². The number of fused-ring (bicyclic) bond motifs is 3. The van der Waals surface area contributed by atoms with E-state index in [0.29, 0.717) is 11.1 Å². The highest BCUT2D eigenvalue weighted by molar-refractivity contribution is 5.82. The summed E-state index contributed by atoms with van der Waals surface area (Å²) in [6.07, 6.45) is 3.01. The molecule has 0 fully saturated rings. The minimum Gasteiger partial charge on any atom is -0.463 e. The maximum atomic E-state index is 12.9. The molecule has 0 saturated heterocycles. The molecule has 0 saturated carbocycles. The first-order chi connectivity index (χ1) is 12.1. The van der Waals surface area contributed by atoms with Crippen molar-refractivity contribution in [2.24, 2.45) is 0 Å². The fraction of sp³-hybridized carbons (Fsp3) is 0.118. The summed E-state index contributed by atoms with van der Waals surface area (Å²) >= 11 is 0. The van der Waals surface area contributed by atoms with Crippen LogP contribution in [0.25, 0.3) is 16.6 Å². The van der Waals surface area contributed by atoms with Crippen molar-refractivity contribution in [1.29, 1.82) is 0 Å². The van der Waals surface area contributed by atoms with E-state index in [-0.39, 0.29) is 30.4 Å². The zero-order chi connectivity index (χ0) is 17.4. The smallest absolute Gasteiger partial charge is 0.291 e. The molecule has 7 nitrogen and oxygen atoms in total. The van der Waals surface area contributed by atoms with E-state index >= 15 is 0 Å². The number of hydrogen-bond donors (Lipinski definition) is 1. The van der Waals surface area contributed by atoms with Crippen molar-refractivity contribution in [2.75, 3.05) is 0 Å². The van der Waals surface area contributed by atoms with E-state index in [1.807, 2.05) is 0 Å². The first-order valence-corrected chi connectivity index (χ1v) is 7.57. The third-order valence-corrected chi connectivity index (χ3v) is 3.92. The van der Waals surface area contributed by atoms with Crippen molar-refractivity contribution in [3.63, 3.8) is 0 Å². The van der Waals surface area contributed by atoms with Gasteiger partial charge in [-0.25, -0.2) is 9.07 Å². The number of carbonyl (C=O) groups is 1. The molecule has 0 spiro atoms. The van der Waals surface area contributed by atoms with Crippen molar-refractivity contribution in [1.82, 2.24) is 19.5 Å². The Hall–Kier alpha value is -3.42. The Morgan fingerprint density at radius 1 is 1.20 bits per heavy atom. The molecule has 3 aromatic heterocycles. The summed E-state index contributed by atoms with van der Waals surface area (Å²) in [6, 6.07) is 9.17. The first kappa shape index (κ1) is 15.1. The van der Waals surface area contributed by atoms with E-state index in [2.05, 4.69) is 10.4 Å². The van der Waals surface area contributed by atoms with Gasteiger partial charge in [-0.15, -0.1) is 0 Å². The minimum absolute atomic E-state index is 0.205. The molecule has 0 aliphatic heterocycles. The second kappa shape index (κ2) is 5.90. The topological polar surface area (TPSA) is 81.5 Å². The van der Waals surface area contributed by atoms with Gasteiger partial charge in [0.2, 0.25) is 5.91 Å². The number of nitrogens with zero attached hydrogens (tertiary/aromatic N) is 3. The van der Waals surface area contributed by atoms with Gasteiger partial charge < -0.3 is 9.73 Å². The number of nitrogens with one attached hydrogen (secondary N) is 1. The van der Waals surface area contributed by atoms with Crippen LogP contribution in [0, 0.1) is 5.82 Å². The van der Waals surface area contributed by atoms with Crippen LogP contribution in [0.2, 0.25) is 0 Å². The summed E-state index contributed by atoms with van der Waals surface area (Å²) in [7, 11) is 0. The molecule has 3 heterocycles. The molecular formula is C17H13FN4O3. The van der Waals surface area contributed by atoms with E-state index in [9.17, 15) is 14.0 Å². The molecule has 25 heavy (non-hydrogen) atoms. The van der Waals surface area contributed by atoms with E-state index in [0.717, 1.165) is 15.8 Å². The van der Waals surface area contributed by atoms with Crippen LogP contribution in [-0.4, -0.2) is 20.1 Å². The summed E-state index contributed by atoms with van der Waals surface area (Å²) in [5.74, 6) is -0.699. The van der Waals surface area contributed by atoms with Gasteiger partial charge in [-0.05, 0) is 17.7 Å². The van der Waals surface area contributed by atoms with Crippen molar-refractivity contribution >= 4 is 22.5 Å². The van der Waals surface area contributed by atoms with Gasteiger partial charge in [-0.2, -0.15) is 5.10 Å². The van der Waals surface area contributed by atoms with Crippen LogP contribution >= 0.6 is 0 Å².